The molecule has 1 N–H and O–H groups in total. The highest BCUT2D eigenvalue weighted by atomic mass is 16.2. The predicted octanol–water partition coefficient (Wildman–Crippen LogP) is 2.10. The first-order valence-electron chi connectivity index (χ1n) is 8.33. The van der Waals surface area contributed by atoms with Crippen molar-refractivity contribution in [1.29, 1.82) is 0 Å². The van der Waals surface area contributed by atoms with Crippen LogP contribution in [0.15, 0.2) is 59.4 Å². The van der Waals surface area contributed by atoms with Crippen LogP contribution in [-0.4, -0.2) is 27.4 Å². The molecule has 1 amide bonds. The summed E-state index contributed by atoms with van der Waals surface area (Å²) in [5, 5.41) is 11.2. The number of benzene rings is 2. The molecular formula is C19H20N4O2. The van der Waals surface area contributed by atoms with E-state index in [1.807, 2.05) is 18.2 Å². The number of carbonyl (C=O) groups is 1. The number of hydrogen-bond acceptors (Lipinski definition) is 4. The average molecular weight is 336 g/mol. The summed E-state index contributed by atoms with van der Waals surface area (Å²) in [5.41, 5.74) is 1.41. The van der Waals surface area contributed by atoms with E-state index in [9.17, 15) is 9.59 Å². The summed E-state index contributed by atoms with van der Waals surface area (Å²) >= 11 is 0. The zero-order chi connectivity index (χ0) is 17.6. The Morgan fingerprint density at radius 3 is 2.60 bits per heavy atom. The zero-order valence-corrected chi connectivity index (χ0v) is 14.1. The monoisotopic (exact) mass is 336 g/mol. The molecule has 0 spiro atoms. The number of rotatable bonds is 6. The highest BCUT2D eigenvalue weighted by Crippen LogP contribution is 2.17. The van der Waals surface area contributed by atoms with Gasteiger partial charge in [-0.3, -0.25) is 9.59 Å². The van der Waals surface area contributed by atoms with Gasteiger partial charge in [-0.15, -0.1) is 5.10 Å². The number of carbonyl (C=O) groups excluding carboxylic acids is 1. The molecule has 3 rings (SSSR count). The molecule has 0 fully saturated rings. The van der Waals surface area contributed by atoms with Gasteiger partial charge in [0.25, 0.3) is 5.56 Å². The van der Waals surface area contributed by atoms with Crippen LogP contribution in [0.2, 0.25) is 0 Å². The number of fused-ring (bicyclic) bond motifs is 1. The Bertz CT molecular complexity index is 921. The first-order valence-corrected chi connectivity index (χ1v) is 8.33. The van der Waals surface area contributed by atoms with Crippen LogP contribution in [0.1, 0.15) is 24.8 Å². The van der Waals surface area contributed by atoms with E-state index < -0.39 is 0 Å². The van der Waals surface area contributed by atoms with Crippen LogP contribution in [0.4, 0.5) is 0 Å². The predicted molar refractivity (Wildman–Crippen MR) is 96.3 cm³/mol. The van der Waals surface area contributed by atoms with E-state index in [0.29, 0.717) is 17.4 Å². The van der Waals surface area contributed by atoms with Gasteiger partial charge < -0.3 is 5.32 Å². The Hall–Kier alpha value is -3.02. The maximum atomic E-state index is 12.4. The lowest BCUT2D eigenvalue weighted by molar-refractivity contribution is -0.122. The Kier molecular flexibility index (Phi) is 5.18. The van der Waals surface area contributed by atoms with Crippen molar-refractivity contribution < 1.29 is 4.79 Å². The van der Waals surface area contributed by atoms with E-state index in [0.717, 1.165) is 11.1 Å². The highest BCUT2D eigenvalue weighted by molar-refractivity contribution is 5.78. The van der Waals surface area contributed by atoms with Gasteiger partial charge >= 0.3 is 0 Å². The zero-order valence-electron chi connectivity index (χ0n) is 14.1. The molecule has 1 heterocycles. The quantitative estimate of drug-likeness (QED) is 0.748. The lowest BCUT2D eigenvalue weighted by atomic mass is 9.96. The Labute approximate surface area is 145 Å². The van der Waals surface area contributed by atoms with E-state index >= 15 is 0 Å². The molecule has 1 unspecified atom stereocenters. The third kappa shape index (κ3) is 3.91. The van der Waals surface area contributed by atoms with Crippen molar-refractivity contribution in [1.82, 2.24) is 20.3 Å². The molecular weight excluding hydrogens is 316 g/mol. The summed E-state index contributed by atoms with van der Waals surface area (Å²) in [6.07, 6.45) is 0.917. The Balaban J connectivity index is 1.67. The molecule has 25 heavy (non-hydrogen) atoms. The second-order valence-corrected chi connectivity index (χ2v) is 5.89. The lowest BCUT2D eigenvalue weighted by Crippen LogP contribution is -2.36. The summed E-state index contributed by atoms with van der Waals surface area (Å²) < 4.78 is 1.10. The van der Waals surface area contributed by atoms with Gasteiger partial charge in [0, 0.05) is 12.5 Å². The van der Waals surface area contributed by atoms with Crippen molar-refractivity contribution in [2.45, 2.75) is 25.8 Å². The molecule has 3 aromatic rings. The number of aromatic nitrogens is 3. The lowest BCUT2D eigenvalue weighted by Gasteiger charge is -2.16. The molecule has 0 saturated carbocycles. The molecule has 0 aliphatic heterocycles. The third-order valence-corrected chi connectivity index (χ3v) is 4.23. The van der Waals surface area contributed by atoms with E-state index in [-0.39, 0.29) is 23.9 Å². The largest absolute Gasteiger partial charge is 0.354 e. The molecule has 1 aromatic heterocycles. The second-order valence-electron chi connectivity index (χ2n) is 5.89. The summed E-state index contributed by atoms with van der Waals surface area (Å²) in [4.78, 5) is 24.6. The smallest absolute Gasteiger partial charge is 0.278 e. The number of nitrogens with one attached hydrogen (secondary N) is 1. The molecule has 0 bridgehead atoms. The van der Waals surface area contributed by atoms with E-state index in [1.165, 1.54) is 5.56 Å². The third-order valence-electron chi connectivity index (χ3n) is 4.23. The number of nitrogens with zero attached hydrogens (tertiary/aromatic N) is 3. The molecule has 0 aliphatic rings. The average Bonchev–Trinajstić information content (AvgIpc) is 2.66. The summed E-state index contributed by atoms with van der Waals surface area (Å²) in [7, 11) is 0. The molecule has 6 nitrogen and oxygen atoms in total. The van der Waals surface area contributed by atoms with Crippen LogP contribution in [0, 0.1) is 0 Å². The van der Waals surface area contributed by atoms with Gasteiger partial charge in [0.1, 0.15) is 12.1 Å². The first-order chi connectivity index (χ1) is 12.2. The van der Waals surface area contributed by atoms with Gasteiger partial charge in [-0.05, 0) is 24.1 Å². The normalized spacial score (nSPS) is 12.0. The molecule has 1 atom stereocenters. The van der Waals surface area contributed by atoms with Crippen LogP contribution in [-0.2, 0) is 11.3 Å². The van der Waals surface area contributed by atoms with Gasteiger partial charge in [0.15, 0.2) is 0 Å². The molecule has 6 heteroatoms. The van der Waals surface area contributed by atoms with Crippen molar-refractivity contribution in [2.75, 3.05) is 6.54 Å². The SMILES string of the molecule is CCC(CNC(=O)Cn1nnc2ccccc2c1=O)c1ccccc1. The minimum Gasteiger partial charge on any atom is -0.354 e. The highest BCUT2D eigenvalue weighted by Gasteiger charge is 2.13. The van der Waals surface area contributed by atoms with Crippen LogP contribution in [0.25, 0.3) is 10.9 Å². The summed E-state index contributed by atoms with van der Waals surface area (Å²) in [6, 6.07) is 17.0. The fraction of sp³-hybridized carbons (Fsp3) is 0.263. The van der Waals surface area contributed by atoms with E-state index in [4.69, 9.17) is 0 Å². The van der Waals surface area contributed by atoms with Gasteiger partial charge in [0.05, 0.1) is 5.39 Å². The van der Waals surface area contributed by atoms with Crippen LogP contribution >= 0.6 is 0 Å². The van der Waals surface area contributed by atoms with E-state index in [1.54, 1.807) is 24.3 Å². The van der Waals surface area contributed by atoms with Gasteiger partial charge in [-0.1, -0.05) is 54.6 Å². The fourth-order valence-electron chi connectivity index (χ4n) is 2.78. The molecule has 0 radical (unpaired) electrons. The standard InChI is InChI=1S/C19H20N4O2/c1-2-14(15-8-4-3-5-9-15)12-20-18(24)13-23-19(25)16-10-6-7-11-17(16)21-22-23/h3-11,14H,2,12-13H2,1H3,(H,20,24). The minimum absolute atomic E-state index is 0.137. The van der Waals surface area contributed by atoms with Crippen molar-refractivity contribution in [3.8, 4) is 0 Å². The van der Waals surface area contributed by atoms with Gasteiger partial charge in [-0.2, -0.15) is 0 Å². The maximum Gasteiger partial charge on any atom is 0.278 e. The van der Waals surface area contributed by atoms with Crippen molar-refractivity contribution in [3.63, 3.8) is 0 Å². The Morgan fingerprint density at radius 2 is 1.84 bits per heavy atom. The van der Waals surface area contributed by atoms with Crippen LogP contribution in [0.5, 0.6) is 0 Å². The summed E-state index contributed by atoms with van der Waals surface area (Å²) in [5.74, 6) is -0.00868. The van der Waals surface area contributed by atoms with E-state index in [2.05, 4.69) is 34.7 Å². The van der Waals surface area contributed by atoms with Crippen LogP contribution < -0.4 is 10.9 Å². The second kappa shape index (κ2) is 7.70. The number of amides is 1. The Morgan fingerprint density at radius 1 is 1.12 bits per heavy atom. The van der Waals surface area contributed by atoms with Crippen LogP contribution in [0.3, 0.4) is 0 Å². The first kappa shape index (κ1) is 16.8. The summed E-state index contributed by atoms with van der Waals surface area (Å²) in [6.45, 7) is 2.47. The number of hydrogen-bond donors (Lipinski definition) is 1. The van der Waals surface area contributed by atoms with Crippen molar-refractivity contribution >= 4 is 16.8 Å². The maximum absolute atomic E-state index is 12.4. The fourth-order valence-corrected chi connectivity index (χ4v) is 2.78. The topological polar surface area (TPSA) is 76.9 Å². The molecule has 128 valence electrons. The molecule has 0 aliphatic carbocycles. The minimum atomic E-state index is -0.309. The molecule has 2 aromatic carbocycles. The molecule has 0 saturated heterocycles. The van der Waals surface area contributed by atoms with Crippen molar-refractivity contribution in [3.05, 3.63) is 70.5 Å². The van der Waals surface area contributed by atoms with Crippen molar-refractivity contribution in [2.24, 2.45) is 0 Å². The van der Waals surface area contributed by atoms with Gasteiger partial charge in [0.2, 0.25) is 5.91 Å². The van der Waals surface area contributed by atoms with Gasteiger partial charge in [-0.25, -0.2) is 4.68 Å².